The molecule has 1 N–H and O–H groups in total. The smallest absolute Gasteiger partial charge is 0.237 e. The minimum absolute atomic E-state index is 0. The predicted octanol–water partition coefficient (Wildman–Crippen LogP) is 3.74. The fraction of sp³-hybridized carbons (Fsp3) is 0.708. The molecule has 4 saturated carbocycles. The molecule has 1 amide bonds. The molecule has 31 heavy (non-hydrogen) atoms. The molecule has 5 aliphatic rings. The van der Waals surface area contributed by atoms with E-state index in [0.29, 0.717) is 19.0 Å². The molecule has 4 bridgehead atoms. The number of halogens is 2. The van der Waals surface area contributed by atoms with Crippen LogP contribution in [0.2, 0.25) is 0 Å². The number of methoxy groups -OCH3 is 1. The minimum atomic E-state index is 0. The Labute approximate surface area is 199 Å². The van der Waals surface area contributed by atoms with E-state index >= 15 is 0 Å². The van der Waals surface area contributed by atoms with Crippen LogP contribution in [0.3, 0.4) is 0 Å². The quantitative estimate of drug-likeness (QED) is 0.688. The van der Waals surface area contributed by atoms with E-state index in [9.17, 15) is 4.79 Å². The lowest BCUT2D eigenvalue weighted by Gasteiger charge is -2.60. The lowest BCUT2D eigenvalue weighted by Crippen LogP contribution is -2.62. The minimum Gasteiger partial charge on any atom is -0.497 e. The van der Waals surface area contributed by atoms with Gasteiger partial charge in [0.05, 0.1) is 13.7 Å². The summed E-state index contributed by atoms with van der Waals surface area (Å²) in [5.74, 6) is 3.71. The molecule has 7 heteroatoms. The first-order valence-electron chi connectivity index (χ1n) is 11.5. The van der Waals surface area contributed by atoms with Gasteiger partial charge in [-0.3, -0.25) is 9.69 Å². The Morgan fingerprint density at radius 3 is 2.29 bits per heavy atom. The fourth-order valence-corrected chi connectivity index (χ4v) is 7.02. The van der Waals surface area contributed by atoms with Crippen LogP contribution in [0.15, 0.2) is 24.3 Å². The standard InChI is InChI=1S/C24H35N3O2.2ClH/c1-29-22-4-2-3-18(12-22)16-27(23(28)17-26-7-5-25-6-8-26)24-13-19-9-20(14-24)11-21(10-19)15-24;;/h2-4,12,19-21,25H,5-11,13-17H2,1H3;2*1H. The number of benzene rings is 1. The van der Waals surface area contributed by atoms with Crippen molar-refractivity contribution >= 4 is 30.7 Å². The summed E-state index contributed by atoms with van der Waals surface area (Å²) >= 11 is 0. The number of hydrogen-bond acceptors (Lipinski definition) is 4. The average molecular weight is 470 g/mol. The molecule has 1 aliphatic heterocycles. The first-order valence-corrected chi connectivity index (χ1v) is 11.5. The molecule has 5 fully saturated rings. The largest absolute Gasteiger partial charge is 0.497 e. The summed E-state index contributed by atoms with van der Waals surface area (Å²) in [5.41, 5.74) is 1.27. The first-order chi connectivity index (χ1) is 14.1. The number of ether oxygens (including phenoxy) is 1. The van der Waals surface area contributed by atoms with E-state index in [0.717, 1.165) is 49.7 Å². The normalized spacial score (nSPS) is 31.5. The van der Waals surface area contributed by atoms with E-state index in [1.54, 1.807) is 7.11 Å². The van der Waals surface area contributed by atoms with Gasteiger partial charge < -0.3 is 15.0 Å². The van der Waals surface area contributed by atoms with Crippen LogP contribution in [0.5, 0.6) is 5.75 Å². The van der Waals surface area contributed by atoms with Gasteiger partial charge in [-0.25, -0.2) is 0 Å². The van der Waals surface area contributed by atoms with Gasteiger partial charge >= 0.3 is 0 Å². The maximum Gasteiger partial charge on any atom is 0.237 e. The monoisotopic (exact) mass is 469 g/mol. The Kier molecular flexibility index (Phi) is 8.17. The van der Waals surface area contributed by atoms with Gasteiger partial charge in [0.1, 0.15) is 5.75 Å². The SMILES string of the molecule is COc1cccc(CN(C(=O)CN2CCNCC2)C23CC4CC(CC(C4)C2)C3)c1.Cl.Cl. The van der Waals surface area contributed by atoms with E-state index in [-0.39, 0.29) is 30.4 Å². The Morgan fingerprint density at radius 2 is 1.71 bits per heavy atom. The van der Waals surface area contributed by atoms with Gasteiger partial charge in [-0.05, 0) is 74.0 Å². The molecule has 0 aromatic heterocycles. The second-order valence-corrected chi connectivity index (χ2v) is 10.00. The lowest BCUT2D eigenvalue weighted by molar-refractivity contribution is -0.153. The highest BCUT2D eigenvalue weighted by Crippen LogP contribution is 2.58. The Morgan fingerprint density at radius 1 is 1.10 bits per heavy atom. The highest BCUT2D eigenvalue weighted by Gasteiger charge is 2.54. The van der Waals surface area contributed by atoms with Gasteiger partial charge in [0, 0.05) is 38.3 Å². The zero-order valence-electron chi connectivity index (χ0n) is 18.6. The number of amides is 1. The van der Waals surface area contributed by atoms with Gasteiger partial charge in [-0.1, -0.05) is 12.1 Å². The molecule has 6 rings (SSSR count). The molecule has 0 unspecified atom stereocenters. The van der Waals surface area contributed by atoms with Crippen LogP contribution in [0.4, 0.5) is 0 Å². The van der Waals surface area contributed by atoms with Crippen LogP contribution in [0.25, 0.3) is 0 Å². The van der Waals surface area contributed by atoms with Crippen LogP contribution in [0, 0.1) is 17.8 Å². The van der Waals surface area contributed by atoms with E-state index in [2.05, 4.69) is 27.2 Å². The number of nitrogens with one attached hydrogen (secondary N) is 1. The molecule has 0 spiro atoms. The summed E-state index contributed by atoms with van der Waals surface area (Å²) in [6.45, 7) is 5.20. The Bertz CT molecular complexity index is 719. The number of carbonyl (C=O) groups excluding carboxylic acids is 1. The summed E-state index contributed by atoms with van der Waals surface area (Å²) < 4.78 is 5.45. The summed E-state index contributed by atoms with van der Waals surface area (Å²) in [5, 5.41) is 3.40. The number of nitrogens with zero attached hydrogens (tertiary/aromatic N) is 2. The number of hydrogen-bond donors (Lipinski definition) is 1. The Balaban J connectivity index is 0.00000136. The van der Waals surface area contributed by atoms with Crippen molar-refractivity contribution in [2.24, 2.45) is 17.8 Å². The molecule has 174 valence electrons. The number of carbonyl (C=O) groups is 1. The van der Waals surface area contributed by atoms with Gasteiger partial charge in [0.2, 0.25) is 5.91 Å². The lowest BCUT2D eigenvalue weighted by atomic mass is 9.52. The third-order valence-electron chi connectivity index (χ3n) is 7.92. The van der Waals surface area contributed by atoms with E-state index < -0.39 is 0 Å². The molecule has 4 aliphatic carbocycles. The first kappa shape index (κ1) is 24.6. The van der Waals surface area contributed by atoms with E-state index in [1.165, 1.54) is 44.1 Å². The summed E-state index contributed by atoms with van der Waals surface area (Å²) in [6.07, 6.45) is 7.86. The van der Waals surface area contributed by atoms with Crippen LogP contribution in [0.1, 0.15) is 44.1 Å². The maximum atomic E-state index is 13.7. The van der Waals surface area contributed by atoms with Crippen molar-refractivity contribution < 1.29 is 9.53 Å². The summed E-state index contributed by atoms with van der Waals surface area (Å²) in [4.78, 5) is 18.4. The fourth-order valence-electron chi connectivity index (χ4n) is 7.02. The van der Waals surface area contributed by atoms with Crippen LogP contribution >= 0.6 is 24.8 Å². The molecule has 0 radical (unpaired) electrons. The van der Waals surface area contributed by atoms with Crippen molar-refractivity contribution in [3.63, 3.8) is 0 Å². The zero-order valence-corrected chi connectivity index (χ0v) is 20.2. The topological polar surface area (TPSA) is 44.8 Å². The van der Waals surface area contributed by atoms with E-state index in [1.807, 2.05) is 12.1 Å². The number of rotatable bonds is 6. The second-order valence-electron chi connectivity index (χ2n) is 10.00. The average Bonchev–Trinajstić information content (AvgIpc) is 2.72. The van der Waals surface area contributed by atoms with Crippen molar-refractivity contribution in [3.8, 4) is 5.75 Å². The molecule has 1 saturated heterocycles. The van der Waals surface area contributed by atoms with Gasteiger partial charge in [0.25, 0.3) is 0 Å². The maximum absolute atomic E-state index is 13.7. The predicted molar refractivity (Wildman–Crippen MR) is 128 cm³/mol. The third kappa shape index (κ3) is 5.16. The van der Waals surface area contributed by atoms with Crippen molar-refractivity contribution in [1.29, 1.82) is 0 Å². The van der Waals surface area contributed by atoms with Crippen molar-refractivity contribution in [2.75, 3.05) is 39.8 Å². The second kappa shape index (κ2) is 10.3. The molecule has 5 nitrogen and oxygen atoms in total. The van der Waals surface area contributed by atoms with Crippen LogP contribution in [-0.4, -0.2) is 61.1 Å². The van der Waals surface area contributed by atoms with E-state index in [4.69, 9.17) is 4.74 Å². The summed E-state index contributed by atoms with van der Waals surface area (Å²) in [7, 11) is 1.71. The Hall–Kier alpha value is -1.01. The van der Waals surface area contributed by atoms with Crippen molar-refractivity contribution in [1.82, 2.24) is 15.1 Å². The summed E-state index contributed by atoms with van der Waals surface area (Å²) in [6, 6.07) is 8.29. The molecular weight excluding hydrogens is 433 g/mol. The van der Waals surface area contributed by atoms with Gasteiger partial charge in [0.15, 0.2) is 0 Å². The molecular formula is C24H37Cl2N3O2. The molecule has 1 aromatic carbocycles. The molecule has 1 heterocycles. The highest BCUT2D eigenvalue weighted by molar-refractivity contribution is 5.85. The molecule has 0 atom stereocenters. The van der Waals surface area contributed by atoms with Gasteiger partial charge in [-0.2, -0.15) is 0 Å². The van der Waals surface area contributed by atoms with Crippen LogP contribution < -0.4 is 10.1 Å². The zero-order chi connectivity index (χ0) is 19.8. The van der Waals surface area contributed by atoms with Crippen LogP contribution in [-0.2, 0) is 11.3 Å². The third-order valence-corrected chi connectivity index (χ3v) is 7.92. The molecule has 1 aromatic rings. The number of piperazine rings is 1. The van der Waals surface area contributed by atoms with Gasteiger partial charge in [-0.15, -0.1) is 24.8 Å². The highest BCUT2D eigenvalue weighted by atomic mass is 35.5. The van der Waals surface area contributed by atoms with Crippen molar-refractivity contribution in [3.05, 3.63) is 29.8 Å². The van der Waals surface area contributed by atoms with Crippen molar-refractivity contribution in [2.45, 2.75) is 50.6 Å².